The van der Waals surface area contributed by atoms with E-state index in [9.17, 15) is 9.59 Å². The van der Waals surface area contributed by atoms with E-state index in [0.717, 1.165) is 11.3 Å². The summed E-state index contributed by atoms with van der Waals surface area (Å²) in [6, 6.07) is 14.9. The van der Waals surface area contributed by atoms with E-state index in [4.69, 9.17) is 4.74 Å². The van der Waals surface area contributed by atoms with Crippen LogP contribution in [-0.4, -0.2) is 26.8 Å². The zero-order valence-electron chi connectivity index (χ0n) is 14.5. The highest BCUT2D eigenvalue weighted by atomic mass is 28.3. The van der Waals surface area contributed by atoms with Crippen molar-refractivity contribution in [3.05, 3.63) is 65.2 Å². The smallest absolute Gasteiger partial charge is 0.174 e. The highest BCUT2D eigenvalue weighted by Crippen LogP contribution is 2.44. The Kier molecular flexibility index (Phi) is 4.18. The highest BCUT2D eigenvalue weighted by molar-refractivity contribution is 6.78. The summed E-state index contributed by atoms with van der Waals surface area (Å²) in [5.41, 5.74) is 1.98. The van der Waals surface area contributed by atoms with Crippen molar-refractivity contribution < 1.29 is 14.3 Å². The van der Waals surface area contributed by atoms with Gasteiger partial charge in [0.1, 0.15) is 5.75 Å². The number of rotatable bonds is 4. The summed E-state index contributed by atoms with van der Waals surface area (Å²) in [6.07, 6.45) is 0. The molecule has 0 heterocycles. The van der Waals surface area contributed by atoms with Gasteiger partial charge in [-0.05, 0) is 17.2 Å². The zero-order chi connectivity index (χ0) is 17.5. The van der Waals surface area contributed by atoms with Crippen LogP contribution in [0.15, 0.2) is 48.5 Å². The number of methoxy groups -OCH3 is 1. The van der Waals surface area contributed by atoms with Gasteiger partial charge in [0.25, 0.3) is 0 Å². The molecular formula is C20H22O3Si. The van der Waals surface area contributed by atoms with Crippen LogP contribution in [0.3, 0.4) is 0 Å². The Morgan fingerprint density at radius 1 is 0.875 bits per heavy atom. The van der Waals surface area contributed by atoms with E-state index < -0.39 is 14.0 Å². The van der Waals surface area contributed by atoms with Crippen LogP contribution in [0, 0.1) is 5.92 Å². The molecule has 4 heteroatoms. The van der Waals surface area contributed by atoms with Gasteiger partial charge in [0.15, 0.2) is 11.6 Å². The lowest BCUT2D eigenvalue weighted by Crippen LogP contribution is -2.40. The minimum Gasteiger partial charge on any atom is -0.496 e. The van der Waals surface area contributed by atoms with Gasteiger partial charge in [0, 0.05) is 11.1 Å². The maximum atomic E-state index is 13.0. The fraction of sp³-hybridized carbons (Fsp3) is 0.300. The van der Waals surface area contributed by atoms with Gasteiger partial charge in [-0.15, -0.1) is 0 Å². The first kappa shape index (κ1) is 16.6. The number of Topliss-reactive ketones (excluding diaryl/α,β-unsaturated/α-hetero) is 2. The Balaban J connectivity index is 2.16. The normalized spacial score (nSPS) is 16.2. The summed E-state index contributed by atoms with van der Waals surface area (Å²) >= 11 is 0. The SMILES string of the molecule is COc1ccccc1C(C1C(=O)c2ccccc2C1=O)[Si](C)(C)C. The molecule has 2 aromatic rings. The topological polar surface area (TPSA) is 43.4 Å². The molecule has 1 unspecified atom stereocenters. The number of ketones is 2. The van der Waals surface area contributed by atoms with Crippen LogP contribution in [0.25, 0.3) is 0 Å². The summed E-state index contributed by atoms with van der Waals surface area (Å²) in [7, 11) is -0.252. The lowest BCUT2D eigenvalue weighted by atomic mass is 9.93. The second-order valence-electron chi connectivity index (χ2n) is 7.34. The Bertz CT molecular complexity index is 770. The predicted molar refractivity (Wildman–Crippen MR) is 97.7 cm³/mol. The third kappa shape index (κ3) is 2.61. The molecule has 0 aromatic heterocycles. The molecule has 0 fully saturated rings. The Hall–Kier alpha value is -2.20. The molecule has 124 valence electrons. The maximum absolute atomic E-state index is 13.0. The van der Waals surface area contributed by atoms with Gasteiger partial charge in [0.2, 0.25) is 0 Å². The minimum atomic E-state index is -1.88. The molecule has 0 amide bonds. The second-order valence-corrected chi connectivity index (χ2v) is 12.7. The van der Waals surface area contributed by atoms with Crippen LogP contribution < -0.4 is 4.74 Å². The van der Waals surface area contributed by atoms with E-state index >= 15 is 0 Å². The standard InChI is InChI=1S/C20H22O3Si/c1-23-16-12-8-7-11-15(16)20(24(2,3)4)17-18(21)13-9-5-6-10-14(13)19(17)22/h5-12,17,20H,1-4H3. The van der Waals surface area contributed by atoms with Gasteiger partial charge in [-0.25, -0.2) is 0 Å². The molecule has 2 aromatic carbocycles. The third-order valence-electron chi connectivity index (χ3n) is 4.76. The fourth-order valence-corrected chi connectivity index (χ4v) is 6.21. The van der Waals surface area contributed by atoms with Crippen molar-refractivity contribution in [3.8, 4) is 5.75 Å². The van der Waals surface area contributed by atoms with E-state index in [1.165, 1.54) is 0 Å². The molecule has 0 aliphatic heterocycles. The number of ether oxygens (including phenoxy) is 1. The first-order valence-corrected chi connectivity index (χ1v) is 11.7. The van der Waals surface area contributed by atoms with Crippen LogP contribution in [0.1, 0.15) is 31.8 Å². The molecule has 3 rings (SSSR count). The second kappa shape index (κ2) is 6.02. The lowest BCUT2D eigenvalue weighted by Gasteiger charge is -2.33. The third-order valence-corrected chi connectivity index (χ3v) is 7.27. The van der Waals surface area contributed by atoms with E-state index in [-0.39, 0.29) is 17.1 Å². The van der Waals surface area contributed by atoms with Gasteiger partial charge < -0.3 is 4.74 Å². The van der Waals surface area contributed by atoms with Crippen molar-refractivity contribution in [2.24, 2.45) is 5.92 Å². The Morgan fingerprint density at radius 3 is 1.88 bits per heavy atom. The number of hydrogen-bond acceptors (Lipinski definition) is 3. The molecule has 0 saturated carbocycles. The maximum Gasteiger partial charge on any atom is 0.174 e. The van der Waals surface area contributed by atoms with Crippen LogP contribution in [0.2, 0.25) is 19.6 Å². The average molecular weight is 338 g/mol. The van der Waals surface area contributed by atoms with Crippen LogP contribution >= 0.6 is 0 Å². The van der Waals surface area contributed by atoms with Crippen molar-refractivity contribution in [2.75, 3.05) is 7.11 Å². The number of para-hydroxylation sites is 1. The van der Waals surface area contributed by atoms with Gasteiger partial charge in [0.05, 0.1) is 21.1 Å². The van der Waals surface area contributed by atoms with Gasteiger partial charge >= 0.3 is 0 Å². The fourth-order valence-electron chi connectivity index (χ4n) is 3.74. The van der Waals surface area contributed by atoms with Crippen LogP contribution in [0.5, 0.6) is 5.75 Å². The molecule has 0 N–H and O–H groups in total. The molecule has 24 heavy (non-hydrogen) atoms. The van der Waals surface area contributed by atoms with E-state index in [1.54, 1.807) is 19.2 Å². The summed E-state index contributed by atoms with van der Waals surface area (Å²) in [5.74, 6) is 0.0229. The number of benzene rings is 2. The minimum absolute atomic E-state index is 0.0473. The van der Waals surface area contributed by atoms with Crippen molar-refractivity contribution in [3.63, 3.8) is 0 Å². The largest absolute Gasteiger partial charge is 0.496 e. The monoisotopic (exact) mass is 338 g/mol. The van der Waals surface area contributed by atoms with Crippen molar-refractivity contribution in [1.82, 2.24) is 0 Å². The lowest BCUT2D eigenvalue weighted by molar-refractivity contribution is 0.0831. The molecule has 0 bridgehead atoms. The Morgan fingerprint density at radius 2 is 1.38 bits per heavy atom. The summed E-state index contributed by atoms with van der Waals surface area (Å²) < 4.78 is 5.53. The number of fused-ring (bicyclic) bond motifs is 1. The number of carbonyl (C=O) groups excluding carboxylic acids is 2. The first-order chi connectivity index (χ1) is 11.4. The zero-order valence-corrected chi connectivity index (χ0v) is 15.5. The molecule has 0 spiro atoms. The van der Waals surface area contributed by atoms with Crippen molar-refractivity contribution in [1.29, 1.82) is 0 Å². The van der Waals surface area contributed by atoms with Crippen LogP contribution in [-0.2, 0) is 0 Å². The number of carbonyl (C=O) groups is 2. The molecule has 1 atom stereocenters. The summed E-state index contributed by atoms with van der Waals surface area (Å²) in [4.78, 5) is 26.1. The number of hydrogen-bond donors (Lipinski definition) is 0. The highest BCUT2D eigenvalue weighted by Gasteiger charge is 2.48. The molecule has 0 saturated heterocycles. The van der Waals surface area contributed by atoms with E-state index in [0.29, 0.717) is 11.1 Å². The summed E-state index contributed by atoms with van der Waals surface area (Å²) in [5, 5.41) is 0. The van der Waals surface area contributed by atoms with E-state index in [1.807, 2.05) is 36.4 Å². The van der Waals surface area contributed by atoms with Gasteiger partial charge in [-0.1, -0.05) is 62.1 Å². The average Bonchev–Trinajstić information content (AvgIpc) is 2.80. The summed E-state index contributed by atoms with van der Waals surface area (Å²) in [6.45, 7) is 6.61. The van der Waals surface area contributed by atoms with Gasteiger partial charge in [-0.3, -0.25) is 9.59 Å². The molecule has 1 aliphatic rings. The van der Waals surface area contributed by atoms with E-state index in [2.05, 4.69) is 19.6 Å². The molecule has 0 radical (unpaired) electrons. The quantitative estimate of drug-likeness (QED) is 0.615. The van der Waals surface area contributed by atoms with Gasteiger partial charge in [-0.2, -0.15) is 0 Å². The molecular weight excluding hydrogens is 316 g/mol. The first-order valence-electron chi connectivity index (χ1n) is 8.16. The van der Waals surface area contributed by atoms with Crippen molar-refractivity contribution in [2.45, 2.75) is 25.2 Å². The Labute approximate surface area is 143 Å². The molecule has 1 aliphatic carbocycles. The van der Waals surface area contributed by atoms with Crippen LogP contribution in [0.4, 0.5) is 0 Å². The molecule has 3 nitrogen and oxygen atoms in total. The van der Waals surface area contributed by atoms with Crippen molar-refractivity contribution >= 4 is 19.6 Å². The predicted octanol–water partition coefficient (Wildman–Crippen LogP) is 4.35.